The Morgan fingerprint density at radius 2 is 1.68 bits per heavy atom. The Hall–Kier alpha value is -1.02. The van der Waals surface area contributed by atoms with Crippen molar-refractivity contribution >= 4 is 5.69 Å². The Morgan fingerprint density at radius 3 is 2.50 bits per heavy atom. The maximum absolute atomic E-state index is 10.6. The van der Waals surface area contributed by atoms with E-state index < -0.39 is 5.60 Å². The van der Waals surface area contributed by atoms with E-state index >= 15 is 0 Å². The van der Waals surface area contributed by atoms with Crippen LogP contribution in [-0.2, 0) is 0 Å². The lowest BCUT2D eigenvalue weighted by Crippen LogP contribution is -2.50. The van der Waals surface area contributed by atoms with Gasteiger partial charge in [-0.3, -0.25) is 0 Å². The quantitative estimate of drug-likeness (QED) is 0.661. The third-order valence-corrected chi connectivity index (χ3v) is 9.76. The number of para-hydroxylation sites is 1. The number of rotatable bonds is 3. The van der Waals surface area contributed by atoms with Crippen LogP contribution in [0, 0.1) is 40.9 Å². The van der Waals surface area contributed by atoms with E-state index in [1.54, 1.807) is 0 Å². The summed E-state index contributed by atoms with van der Waals surface area (Å²) in [6.07, 6.45) is 11.9. The molecule has 4 aliphatic carbocycles. The summed E-state index contributed by atoms with van der Waals surface area (Å²) >= 11 is 0. The third-order valence-electron chi connectivity index (χ3n) is 9.76. The minimum absolute atomic E-state index is 0.390. The summed E-state index contributed by atoms with van der Waals surface area (Å²) in [5.41, 5.74) is 1.42. The summed E-state index contributed by atoms with van der Waals surface area (Å²) < 4.78 is 0. The highest BCUT2D eigenvalue weighted by Gasteiger charge is 2.57. The molecule has 0 bridgehead atoms. The van der Waals surface area contributed by atoms with E-state index in [4.69, 9.17) is 0 Å². The number of benzene rings is 1. The van der Waals surface area contributed by atoms with Gasteiger partial charge in [0.1, 0.15) is 0 Å². The van der Waals surface area contributed by atoms with Crippen molar-refractivity contribution in [3.63, 3.8) is 0 Å². The summed E-state index contributed by atoms with van der Waals surface area (Å²) in [6, 6.07) is 10.8. The first kappa shape index (κ1) is 19.0. The molecule has 1 aromatic rings. The van der Waals surface area contributed by atoms with E-state index in [1.165, 1.54) is 50.6 Å². The van der Waals surface area contributed by atoms with Gasteiger partial charge in [-0.25, -0.2) is 0 Å². The Morgan fingerprint density at radius 1 is 0.893 bits per heavy atom. The highest BCUT2D eigenvalue weighted by Crippen LogP contribution is 2.64. The lowest BCUT2D eigenvalue weighted by atomic mass is 9.49. The van der Waals surface area contributed by atoms with Crippen molar-refractivity contribution < 1.29 is 5.11 Å². The molecule has 4 aliphatic rings. The summed E-state index contributed by atoms with van der Waals surface area (Å²) in [4.78, 5) is 0. The molecule has 28 heavy (non-hydrogen) atoms. The van der Waals surface area contributed by atoms with Crippen molar-refractivity contribution in [3.05, 3.63) is 30.3 Å². The van der Waals surface area contributed by atoms with Crippen molar-refractivity contribution in [1.82, 2.24) is 0 Å². The van der Waals surface area contributed by atoms with Gasteiger partial charge in [-0.1, -0.05) is 25.1 Å². The number of anilines is 1. The number of fused-ring (bicyclic) bond motifs is 5. The molecule has 5 rings (SSSR count). The fourth-order valence-electron chi connectivity index (χ4n) is 8.32. The minimum Gasteiger partial charge on any atom is -0.390 e. The number of hydrogen-bond donors (Lipinski definition) is 2. The van der Waals surface area contributed by atoms with Crippen molar-refractivity contribution in [2.45, 2.75) is 77.2 Å². The van der Waals surface area contributed by atoms with Gasteiger partial charge in [-0.05, 0) is 118 Å². The molecule has 4 fully saturated rings. The molecule has 0 radical (unpaired) electrons. The standard InChI is InChI=1S/C26H39NO/c1-25(28)14-12-21-18(16-25)8-10-23-22(21)13-15-26(2)19(9-11-24(23)26)17-27-20-6-4-3-5-7-20/h3-7,18-19,21-24,27-28H,8-17H2,1-2H3/t18-,19-,21+,22-,23-,24+,25-,26-/m1/s1. The average Bonchev–Trinajstić information content (AvgIpc) is 3.02. The molecular weight excluding hydrogens is 342 g/mol. The molecule has 1 aromatic carbocycles. The molecule has 4 saturated carbocycles. The molecule has 0 amide bonds. The first-order valence-corrected chi connectivity index (χ1v) is 12.0. The molecule has 0 unspecified atom stereocenters. The zero-order chi connectivity index (χ0) is 19.4. The summed E-state index contributed by atoms with van der Waals surface area (Å²) in [6.45, 7) is 5.86. The highest BCUT2D eigenvalue weighted by molar-refractivity contribution is 5.42. The van der Waals surface area contributed by atoms with Crippen LogP contribution in [0.1, 0.15) is 71.6 Å². The lowest BCUT2D eigenvalue weighted by Gasteiger charge is -2.57. The van der Waals surface area contributed by atoms with Crippen molar-refractivity contribution in [2.24, 2.45) is 40.9 Å². The smallest absolute Gasteiger partial charge is 0.0622 e. The van der Waals surface area contributed by atoms with Crippen LogP contribution in [0.3, 0.4) is 0 Å². The van der Waals surface area contributed by atoms with Gasteiger partial charge in [0.2, 0.25) is 0 Å². The van der Waals surface area contributed by atoms with Crippen LogP contribution in [0.2, 0.25) is 0 Å². The van der Waals surface area contributed by atoms with Gasteiger partial charge < -0.3 is 10.4 Å². The normalized spacial score (nSPS) is 47.7. The van der Waals surface area contributed by atoms with Crippen molar-refractivity contribution in [2.75, 3.05) is 11.9 Å². The fraction of sp³-hybridized carbons (Fsp3) is 0.769. The van der Waals surface area contributed by atoms with E-state index in [0.29, 0.717) is 5.41 Å². The topological polar surface area (TPSA) is 32.3 Å². The Labute approximate surface area is 171 Å². The Bertz CT molecular complexity index is 685. The van der Waals surface area contributed by atoms with Gasteiger partial charge in [0, 0.05) is 12.2 Å². The zero-order valence-corrected chi connectivity index (χ0v) is 17.9. The summed E-state index contributed by atoms with van der Waals surface area (Å²) in [7, 11) is 0. The largest absolute Gasteiger partial charge is 0.390 e. The predicted octanol–water partition coefficient (Wildman–Crippen LogP) is 6.12. The number of hydrogen-bond acceptors (Lipinski definition) is 2. The van der Waals surface area contributed by atoms with E-state index in [-0.39, 0.29) is 0 Å². The molecule has 2 N–H and O–H groups in total. The molecule has 0 aliphatic heterocycles. The summed E-state index contributed by atoms with van der Waals surface area (Å²) in [5.74, 6) is 5.38. The van der Waals surface area contributed by atoms with Gasteiger partial charge in [0.15, 0.2) is 0 Å². The van der Waals surface area contributed by atoms with Crippen LogP contribution in [0.25, 0.3) is 0 Å². The lowest BCUT2D eigenvalue weighted by molar-refractivity contribution is -0.0988. The van der Waals surface area contributed by atoms with Gasteiger partial charge in [-0.2, -0.15) is 0 Å². The van der Waals surface area contributed by atoms with Gasteiger partial charge in [0.05, 0.1) is 5.60 Å². The molecule has 0 heterocycles. The van der Waals surface area contributed by atoms with Crippen LogP contribution in [-0.4, -0.2) is 17.3 Å². The van der Waals surface area contributed by atoms with E-state index in [1.807, 2.05) is 0 Å². The third kappa shape index (κ3) is 3.20. The average molecular weight is 382 g/mol. The van der Waals surface area contributed by atoms with Gasteiger partial charge in [0.25, 0.3) is 0 Å². The van der Waals surface area contributed by atoms with E-state index in [2.05, 4.69) is 49.5 Å². The van der Waals surface area contributed by atoms with Crippen LogP contribution in [0.15, 0.2) is 30.3 Å². The molecule has 0 spiro atoms. The van der Waals surface area contributed by atoms with Crippen LogP contribution in [0.4, 0.5) is 5.69 Å². The molecule has 0 aromatic heterocycles. The Balaban J connectivity index is 1.28. The molecule has 154 valence electrons. The molecule has 2 heteroatoms. The molecular formula is C26H39NO. The highest BCUT2D eigenvalue weighted by atomic mass is 16.3. The minimum atomic E-state index is -0.390. The molecule has 8 atom stereocenters. The first-order valence-electron chi connectivity index (χ1n) is 12.0. The number of aliphatic hydroxyl groups is 1. The summed E-state index contributed by atoms with van der Waals surface area (Å²) in [5, 5.41) is 14.3. The zero-order valence-electron chi connectivity index (χ0n) is 17.9. The van der Waals surface area contributed by atoms with Gasteiger partial charge >= 0.3 is 0 Å². The SMILES string of the molecule is C[C@@]1(O)CC[C@H]2[C@H](CC[C@@H]3[C@@H]2CC[C@]2(C)[C@@H](CNc4ccccc4)CC[C@@H]32)C1. The van der Waals surface area contributed by atoms with Crippen LogP contribution in [0.5, 0.6) is 0 Å². The maximum Gasteiger partial charge on any atom is 0.0622 e. The van der Waals surface area contributed by atoms with Crippen molar-refractivity contribution in [1.29, 1.82) is 0 Å². The van der Waals surface area contributed by atoms with Crippen molar-refractivity contribution in [3.8, 4) is 0 Å². The second-order valence-corrected chi connectivity index (χ2v) is 11.2. The van der Waals surface area contributed by atoms with Crippen LogP contribution < -0.4 is 5.32 Å². The second-order valence-electron chi connectivity index (χ2n) is 11.2. The number of nitrogens with one attached hydrogen (secondary N) is 1. The van der Waals surface area contributed by atoms with E-state index in [9.17, 15) is 5.11 Å². The maximum atomic E-state index is 10.6. The second kappa shape index (κ2) is 7.04. The fourth-order valence-corrected chi connectivity index (χ4v) is 8.32. The predicted molar refractivity (Wildman–Crippen MR) is 116 cm³/mol. The molecule has 0 saturated heterocycles. The monoisotopic (exact) mass is 381 g/mol. The first-order chi connectivity index (χ1) is 13.5. The van der Waals surface area contributed by atoms with E-state index in [0.717, 1.165) is 54.9 Å². The Kier molecular flexibility index (Phi) is 4.77. The molecule has 2 nitrogen and oxygen atoms in total. The van der Waals surface area contributed by atoms with Crippen LogP contribution >= 0.6 is 0 Å². The van der Waals surface area contributed by atoms with Gasteiger partial charge in [-0.15, -0.1) is 0 Å².